The van der Waals surface area contributed by atoms with Crippen molar-refractivity contribution in [3.05, 3.63) is 57.6 Å². The molecule has 32 heavy (non-hydrogen) atoms. The van der Waals surface area contributed by atoms with Crippen LogP contribution in [0.3, 0.4) is 0 Å². The number of rotatable bonds is 9. The average molecular weight is 479 g/mol. The van der Waals surface area contributed by atoms with Gasteiger partial charge in [-0.2, -0.15) is 0 Å². The molecule has 1 fully saturated rings. The van der Waals surface area contributed by atoms with Crippen LogP contribution >= 0.6 is 23.2 Å². The van der Waals surface area contributed by atoms with E-state index in [0.29, 0.717) is 58.6 Å². The quantitative estimate of drug-likeness (QED) is 0.518. The molecule has 0 spiro atoms. The third kappa shape index (κ3) is 6.77. The van der Waals surface area contributed by atoms with Gasteiger partial charge in [0.05, 0.1) is 13.7 Å². The van der Waals surface area contributed by atoms with Crippen molar-refractivity contribution in [2.75, 3.05) is 33.4 Å². The SMILES string of the molecule is COc1ccc(C(=O)NCC2CCN(C(C)C)CC2)cc1OCCc1ccc(Cl)cc1Cl. The van der Waals surface area contributed by atoms with Crippen LogP contribution in [-0.4, -0.2) is 50.2 Å². The number of nitrogens with one attached hydrogen (secondary N) is 1. The largest absolute Gasteiger partial charge is 0.493 e. The number of nitrogens with zero attached hydrogens (tertiary/aromatic N) is 1. The molecule has 1 N–H and O–H groups in total. The van der Waals surface area contributed by atoms with Gasteiger partial charge in [-0.25, -0.2) is 0 Å². The number of methoxy groups -OCH3 is 1. The number of hydrogen-bond donors (Lipinski definition) is 1. The van der Waals surface area contributed by atoms with Gasteiger partial charge >= 0.3 is 0 Å². The first-order chi connectivity index (χ1) is 15.4. The number of amides is 1. The Hall–Kier alpha value is -1.95. The average Bonchev–Trinajstić information content (AvgIpc) is 2.79. The first-order valence-electron chi connectivity index (χ1n) is 11.1. The highest BCUT2D eigenvalue weighted by Crippen LogP contribution is 2.29. The van der Waals surface area contributed by atoms with Crippen molar-refractivity contribution in [2.45, 2.75) is 39.2 Å². The van der Waals surface area contributed by atoms with Crippen LogP contribution in [0.2, 0.25) is 10.0 Å². The van der Waals surface area contributed by atoms with E-state index in [-0.39, 0.29) is 5.91 Å². The number of ether oxygens (including phenoxy) is 2. The molecule has 0 unspecified atom stereocenters. The number of hydrogen-bond acceptors (Lipinski definition) is 4. The fraction of sp³-hybridized carbons (Fsp3) is 0.480. The van der Waals surface area contributed by atoms with Crippen molar-refractivity contribution >= 4 is 29.1 Å². The summed E-state index contributed by atoms with van der Waals surface area (Å²) in [6, 6.07) is 11.3. The molecule has 2 aromatic rings. The second-order valence-electron chi connectivity index (χ2n) is 8.48. The van der Waals surface area contributed by atoms with Crippen molar-refractivity contribution in [3.63, 3.8) is 0 Å². The molecule has 0 radical (unpaired) electrons. The van der Waals surface area contributed by atoms with Gasteiger partial charge in [-0.1, -0.05) is 29.3 Å². The number of likely N-dealkylation sites (tertiary alicyclic amines) is 1. The lowest BCUT2D eigenvalue weighted by Crippen LogP contribution is -2.41. The van der Waals surface area contributed by atoms with E-state index in [0.717, 1.165) is 31.5 Å². The van der Waals surface area contributed by atoms with E-state index in [4.69, 9.17) is 32.7 Å². The minimum Gasteiger partial charge on any atom is -0.493 e. The molecule has 0 atom stereocenters. The Balaban J connectivity index is 1.54. The first kappa shape index (κ1) is 24.7. The second kappa shape index (κ2) is 11.8. The van der Waals surface area contributed by atoms with Crippen molar-refractivity contribution in [1.82, 2.24) is 10.2 Å². The summed E-state index contributed by atoms with van der Waals surface area (Å²) in [5.74, 6) is 1.55. The van der Waals surface area contributed by atoms with Gasteiger partial charge in [-0.15, -0.1) is 0 Å². The van der Waals surface area contributed by atoms with E-state index in [1.807, 2.05) is 6.07 Å². The summed E-state index contributed by atoms with van der Waals surface area (Å²) in [5.41, 5.74) is 1.51. The molecule has 1 aliphatic rings. The topological polar surface area (TPSA) is 50.8 Å². The maximum atomic E-state index is 12.7. The highest BCUT2D eigenvalue weighted by molar-refractivity contribution is 6.35. The first-order valence-corrected chi connectivity index (χ1v) is 11.9. The second-order valence-corrected chi connectivity index (χ2v) is 9.33. The monoisotopic (exact) mass is 478 g/mol. The lowest BCUT2D eigenvalue weighted by molar-refractivity contribution is 0.0929. The van der Waals surface area contributed by atoms with Gasteiger partial charge in [0, 0.05) is 34.6 Å². The highest BCUT2D eigenvalue weighted by Gasteiger charge is 2.21. The molecule has 0 saturated carbocycles. The Labute approximate surface area is 201 Å². The molecule has 3 rings (SSSR count). The van der Waals surface area contributed by atoms with E-state index in [9.17, 15) is 4.79 Å². The van der Waals surface area contributed by atoms with Crippen molar-refractivity contribution in [1.29, 1.82) is 0 Å². The number of carbonyl (C=O) groups is 1. The molecule has 0 aromatic heterocycles. The molecule has 1 amide bonds. The molecule has 174 valence electrons. The highest BCUT2D eigenvalue weighted by atomic mass is 35.5. The lowest BCUT2D eigenvalue weighted by Gasteiger charge is -2.34. The predicted octanol–water partition coefficient (Wildman–Crippen LogP) is 5.47. The van der Waals surface area contributed by atoms with Gasteiger partial charge in [0.2, 0.25) is 0 Å². The van der Waals surface area contributed by atoms with Gasteiger partial charge < -0.3 is 19.7 Å². The smallest absolute Gasteiger partial charge is 0.251 e. The maximum absolute atomic E-state index is 12.7. The van der Waals surface area contributed by atoms with Crippen molar-refractivity contribution < 1.29 is 14.3 Å². The van der Waals surface area contributed by atoms with Crippen LogP contribution < -0.4 is 14.8 Å². The van der Waals surface area contributed by atoms with Gasteiger partial charge in [-0.05, 0) is 81.6 Å². The molecule has 2 aromatic carbocycles. The molecule has 0 bridgehead atoms. The summed E-state index contributed by atoms with van der Waals surface area (Å²) >= 11 is 12.2. The zero-order chi connectivity index (χ0) is 23.1. The van der Waals surface area contributed by atoms with E-state index < -0.39 is 0 Å². The third-order valence-corrected chi connectivity index (χ3v) is 6.59. The van der Waals surface area contributed by atoms with Crippen LogP contribution in [0.1, 0.15) is 42.6 Å². The minimum atomic E-state index is -0.0930. The van der Waals surface area contributed by atoms with Crippen LogP contribution in [0.15, 0.2) is 36.4 Å². The van der Waals surface area contributed by atoms with Crippen molar-refractivity contribution in [2.24, 2.45) is 5.92 Å². The van der Waals surface area contributed by atoms with Gasteiger partial charge in [0.15, 0.2) is 11.5 Å². The Morgan fingerprint density at radius 2 is 1.88 bits per heavy atom. The summed E-state index contributed by atoms with van der Waals surface area (Å²) < 4.78 is 11.3. The van der Waals surface area contributed by atoms with Crippen LogP contribution in [0, 0.1) is 5.92 Å². The lowest BCUT2D eigenvalue weighted by atomic mass is 9.96. The standard InChI is InChI=1S/C25H32Cl2N2O3/c1-17(2)29-11-8-18(9-12-29)16-28-25(30)20-5-7-23(31-3)24(14-20)32-13-10-19-4-6-21(26)15-22(19)27/h4-7,14-15,17-18H,8-13,16H2,1-3H3,(H,28,30). The van der Waals surface area contributed by atoms with Crippen LogP contribution in [0.4, 0.5) is 0 Å². The summed E-state index contributed by atoms with van der Waals surface area (Å²) in [4.78, 5) is 15.2. The Kier molecular flexibility index (Phi) is 9.09. The number of carbonyl (C=O) groups excluding carboxylic acids is 1. The normalized spacial score (nSPS) is 15.1. The third-order valence-electron chi connectivity index (χ3n) is 6.00. The summed E-state index contributed by atoms with van der Waals surface area (Å²) in [7, 11) is 1.58. The maximum Gasteiger partial charge on any atom is 0.251 e. The molecule has 1 saturated heterocycles. The van der Waals surface area contributed by atoms with Crippen LogP contribution in [0.25, 0.3) is 0 Å². The predicted molar refractivity (Wildman–Crippen MR) is 130 cm³/mol. The molecule has 1 heterocycles. The molecule has 1 aliphatic heterocycles. The number of benzene rings is 2. The minimum absolute atomic E-state index is 0.0930. The van der Waals surface area contributed by atoms with Gasteiger partial charge in [0.25, 0.3) is 5.91 Å². The number of piperidine rings is 1. The zero-order valence-electron chi connectivity index (χ0n) is 19.0. The van der Waals surface area contributed by atoms with Gasteiger partial charge in [0.1, 0.15) is 0 Å². The fourth-order valence-electron chi connectivity index (χ4n) is 3.94. The summed E-state index contributed by atoms with van der Waals surface area (Å²) in [6.45, 7) is 7.75. The number of halogens is 2. The van der Waals surface area contributed by atoms with E-state index >= 15 is 0 Å². The molecule has 5 nitrogen and oxygen atoms in total. The molecule has 7 heteroatoms. The van der Waals surface area contributed by atoms with E-state index in [1.165, 1.54) is 0 Å². The van der Waals surface area contributed by atoms with Crippen LogP contribution in [-0.2, 0) is 6.42 Å². The summed E-state index contributed by atoms with van der Waals surface area (Å²) in [6.07, 6.45) is 2.84. The molecular formula is C25H32Cl2N2O3. The fourth-order valence-corrected chi connectivity index (χ4v) is 4.44. The molecular weight excluding hydrogens is 447 g/mol. The van der Waals surface area contributed by atoms with E-state index in [2.05, 4.69) is 24.1 Å². The van der Waals surface area contributed by atoms with Crippen molar-refractivity contribution in [3.8, 4) is 11.5 Å². The Bertz CT molecular complexity index is 912. The Morgan fingerprint density at radius 3 is 2.53 bits per heavy atom. The zero-order valence-corrected chi connectivity index (χ0v) is 20.5. The van der Waals surface area contributed by atoms with Gasteiger partial charge in [-0.3, -0.25) is 4.79 Å². The van der Waals surface area contributed by atoms with Crippen LogP contribution in [0.5, 0.6) is 11.5 Å². The molecule has 0 aliphatic carbocycles. The summed E-state index contributed by atoms with van der Waals surface area (Å²) in [5, 5.41) is 4.30. The van der Waals surface area contributed by atoms with E-state index in [1.54, 1.807) is 37.4 Å². The Morgan fingerprint density at radius 1 is 1.12 bits per heavy atom.